The van der Waals surface area contributed by atoms with Crippen LogP contribution in [0.3, 0.4) is 0 Å². The molecular formula is C10H15O. The zero-order valence-electron chi connectivity index (χ0n) is 6.79. The minimum absolute atomic E-state index is 0.323. The number of hydrogen-bond acceptors (Lipinski definition) is 1. The first-order chi connectivity index (χ1) is 5.43. The van der Waals surface area contributed by atoms with E-state index in [1.54, 1.807) is 0 Å². The average molecular weight is 151 g/mol. The highest BCUT2D eigenvalue weighted by molar-refractivity contribution is 5.26. The Morgan fingerprint density at radius 1 is 1.36 bits per heavy atom. The third-order valence-electron chi connectivity index (χ3n) is 1.84. The molecule has 1 nitrogen and oxygen atoms in total. The average Bonchev–Trinajstić information content (AvgIpc) is 2.07. The van der Waals surface area contributed by atoms with E-state index in [0.717, 1.165) is 25.7 Å². The largest absolute Gasteiger partial charge is 0.396 e. The molecule has 0 aromatic carbocycles. The molecule has 1 heteroatoms. The zero-order valence-corrected chi connectivity index (χ0v) is 6.79. The van der Waals surface area contributed by atoms with Crippen LogP contribution in [0.15, 0.2) is 23.8 Å². The Morgan fingerprint density at radius 2 is 2.27 bits per heavy atom. The Kier molecular flexibility index (Phi) is 3.99. The van der Waals surface area contributed by atoms with Gasteiger partial charge in [-0.3, -0.25) is 0 Å². The minimum Gasteiger partial charge on any atom is -0.396 e. The van der Waals surface area contributed by atoms with Crippen molar-refractivity contribution < 1.29 is 5.11 Å². The second-order valence-electron chi connectivity index (χ2n) is 2.79. The molecule has 11 heavy (non-hydrogen) atoms. The monoisotopic (exact) mass is 151 g/mol. The lowest BCUT2D eigenvalue weighted by Gasteiger charge is -2.04. The molecule has 0 atom stereocenters. The number of unbranched alkanes of at least 4 members (excludes halogenated alkanes) is 1. The highest BCUT2D eigenvalue weighted by Gasteiger charge is 1.96. The molecular weight excluding hydrogens is 136 g/mol. The lowest BCUT2D eigenvalue weighted by molar-refractivity contribution is 0.285. The molecule has 0 unspecified atom stereocenters. The summed E-state index contributed by atoms with van der Waals surface area (Å²) in [7, 11) is 0. The Balaban J connectivity index is 2.15. The van der Waals surface area contributed by atoms with Crippen molar-refractivity contribution in [3.05, 3.63) is 30.2 Å². The summed E-state index contributed by atoms with van der Waals surface area (Å²) >= 11 is 0. The molecule has 0 saturated heterocycles. The highest BCUT2D eigenvalue weighted by Crippen LogP contribution is 2.14. The molecule has 0 spiro atoms. The van der Waals surface area contributed by atoms with E-state index in [4.69, 9.17) is 5.11 Å². The van der Waals surface area contributed by atoms with E-state index < -0.39 is 0 Å². The number of aliphatic hydroxyl groups excluding tert-OH is 1. The predicted octanol–water partition coefficient (Wildman–Crippen LogP) is 2.24. The van der Waals surface area contributed by atoms with Crippen LogP contribution in [0.5, 0.6) is 0 Å². The maximum Gasteiger partial charge on any atom is 0.0431 e. The zero-order chi connectivity index (χ0) is 7.94. The Morgan fingerprint density at radius 3 is 2.91 bits per heavy atom. The third kappa shape index (κ3) is 3.38. The van der Waals surface area contributed by atoms with Crippen LogP contribution in [0.2, 0.25) is 0 Å². The van der Waals surface area contributed by atoms with Gasteiger partial charge in [0.25, 0.3) is 0 Å². The molecule has 0 fully saturated rings. The van der Waals surface area contributed by atoms with Crippen LogP contribution in [-0.2, 0) is 0 Å². The Hall–Kier alpha value is -0.560. The lowest BCUT2D eigenvalue weighted by Crippen LogP contribution is -1.88. The summed E-state index contributed by atoms with van der Waals surface area (Å²) in [4.78, 5) is 0. The molecule has 0 aliphatic heterocycles. The smallest absolute Gasteiger partial charge is 0.0431 e. The number of rotatable bonds is 4. The lowest BCUT2D eigenvalue weighted by atomic mass is 10.0. The molecule has 0 bridgehead atoms. The van der Waals surface area contributed by atoms with Gasteiger partial charge in [0.1, 0.15) is 0 Å². The molecule has 0 heterocycles. The Bertz CT molecular complexity index is 156. The summed E-state index contributed by atoms with van der Waals surface area (Å²) in [5.41, 5.74) is 1.42. The van der Waals surface area contributed by atoms with E-state index in [1.807, 2.05) is 0 Å². The second kappa shape index (κ2) is 5.14. The van der Waals surface area contributed by atoms with Crippen LogP contribution >= 0.6 is 0 Å². The van der Waals surface area contributed by atoms with Crippen molar-refractivity contribution in [2.24, 2.45) is 0 Å². The van der Waals surface area contributed by atoms with Gasteiger partial charge < -0.3 is 5.11 Å². The van der Waals surface area contributed by atoms with Crippen LogP contribution in [0.4, 0.5) is 0 Å². The van der Waals surface area contributed by atoms with Gasteiger partial charge in [-0.2, -0.15) is 0 Å². The number of hydrogen-bond donors (Lipinski definition) is 1. The van der Waals surface area contributed by atoms with Gasteiger partial charge in [0.2, 0.25) is 0 Å². The van der Waals surface area contributed by atoms with Crippen molar-refractivity contribution in [2.45, 2.75) is 25.7 Å². The number of aliphatic hydroxyl groups is 1. The highest BCUT2D eigenvalue weighted by atomic mass is 16.2. The van der Waals surface area contributed by atoms with Crippen LogP contribution in [0.1, 0.15) is 25.7 Å². The first-order valence-corrected chi connectivity index (χ1v) is 4.23. The van der Waals surface area contributed by atoms with Gasteiger partial charge in [-0.15, -0.1) is 0 Å². The van der Waals surface area contributed by atoms with E-state index in [2.05, 4.69) is 24.6 Å². The molecule has 0 amide bonds. The summed E-state index contributed by atoms with van der Waals surface area (Å²) in [5.74, 6) is 0. The van der Waals surface area contributed by atoms with Crippen LogP contribution in [0, 0.1) is 6.42 Å². The molecule has 0 aromatic heterocycles. The molecule has 0 aromatic rings. The topological polar surface area (TPSA) is 20.2 Å². The maximum absolute atomic E-state index is 8.55. The van der Waals surface area contributed by atoms with E-state index >= 15 is 0 Å². The number of allylic oxidation sites excluding steroid dienone is 4. The quantitative estimate of drug-likeness (QED) is 0.611. The normalized spacial score (nSPS) is 16.6. The van der Waals surface area contributed by atoms with Gasteiger partial charge >= 0.3 is 0 Å². The standard InChI is InChI=1S/C10H15O/c11-9-5-4-8-10-6-2-1-3-7-10/h1-2,6-7,11H,3-5,8-9H2. The van der Waals surface area contributed by atoms with Crippen LogP contribution < -0.4 is 0 Å². The van der Waals surface area contributed by atoms with E-state index in [0.29, 0.717) is 6.61 Å². The van der Waals surface area contributed by atoms with Crippen LogP contribution in [-0.4, -0.2) is 11.7 Å². The summed E-state index contributed by atoms with van der Waals surface area (Å²) in [5, 5.41) is 8.55. The third-order valence-corrected chi connectivity index (χ3v) is 1.84. The minimum atomic E-state index is 0.323. The molecule has 1 aliphatic rings. The van der Waals surface area contributed by atoms with Gasteiger partial charge in [0, 0.05) is 6.61 Å². The fourth-order valence-electron chi connectivity index (χ4n) is 1.18. The SMILES string of the molecule is OCCCCC1=CC[CH]C=C1. The van der Waals surface area contributed by atoms with Gasteiger partial charge in [-0.05, 0) is 32.1 Å². The fraction of sp³-hybridized carbons (Fsp3) is 0.500. The molecule has 1 rings (SSSR count). The Labute approximate surface area is 68.4 Å². The van der Waals surface area contributed by atoms with Crippen LogP contribution in [0.25, 0.3) is 0 Å². The molecule has 1 aliphatic carbocycles. The van der Waals surface area contributed by atoms with Crippen molar-refractivity contribution in [2.75, 3.05) is 6.61 Å². The van der Waals surface area contributed by atoms with Crippen molar-refractivity contribution in [3.8, 4) is 0 Å². The van der Waals surface area contributed by atoms with E-state index in [-0.39, 0.29) is 0 Å². The molecule has 1 radical (unpaired) electrons. The van der Waals surface area contributed by atoms with Gasteiger partial charge in [-0.25, -0.2) is 0 Å². The summed E-state index contributed by atoms with van der Waals surface area (Å²) in [6.45, 7) is 0.323. The fourth-order valence-corrected chi connectivity index (χ4v) is 1.18. The second-order valence-corrected chi connectivity index (χ2v) is 2.79. The van der Waals surface area contributed by atoms with Crippen molar-refractivity contribution in [3.63, 3.8) is 0 Å². The van der Waals surface area contributed by atoms with E-state index in [1.165, 1.54) is 5.57 Å². The summed E-state index contributed by atoms with van der Waals surface area (Å²) in [6, 6.07) is 0. The molecule has 0 saturated carbocycles. The summed E-state index contributed by atoms with van der Waals surface area (Å²) in [6.07, 6.45) is 12.9. The van der Waals surface area contributed by atoms with Crippen molar-refractivity contribution in [1.82, 2.24) is 0 Å². The molecule has 1 N–H and O–H groups in total. The first-order valence-electron chi connectivity index (χ1n) is 4.23. The first kappa shape index (κ1) is 8.54. The predicted molar refractivity (Wildman–Crippen MR) is 47.1 cm³/mol. The van der Waals surface area contributed by atoms with Gasteiger partial charge in [0.05, 0.1) is 0 Å². The summed E-state index contributed by atoms with van der Waals surface area (Å²) < 4.78 is 0. The van der Waals surface area contributed by atoms with Gasteiger partial charge in [-0.1, -0.05) is 23.8 Å². The maximum atomic E-state index is 8.55. The van der Waals surface area contributed by atoms with Crippen molar-refractivity contribution in [1.29, 1.82) is 0 Å². The van der Waals surface area contributed by atoms with Crippen molar-refractivity contribution >= 4 is 0 Å². The van der Waals surface area contributed by atoms with E-state index in [9.17, 15) is 0 Å². The molecule has 61 valence electrons. The van der Waals surface area contributed by atoms with Gasteiger partial charge in [0.15, 0.2) is 0 Å².